The van der Waals surface area contributed by atoms with Gasteiger partial charge in [0.1, 0.15) is 4.90 Å². The number of sulfonamides is 1. The summed E-state index contributed by atoms with van der Waals surface area (Å²) in [6.07, 6.45) is 1.97. The van der Waals surface area contributed by atoms with Crippen LogP contribution in [0.5, 0.6) is 0 Å². The van der Waals surface area contributed by atoms with E-state index >= 15 is 0 Å². The number of aryl methyl sites for hydroxylation is 1. The Hall–Kier alpha value is -1.11. The van der Waals surface area contributed by atoms with Crippen LogP contribution < -0.4 is 5.73 Å². The van der Waals surface area contributed by atoms with Gasteiger partial charge in [-0.15, -0.1) is 0 Å². The number of rotatable bonds is 2. The largest absolute Gasteiger partial charge is 0.398 e. The van der Waals surface area contributed by atoms with Gasteiger partial charge < -0.3 is 10.5 Å². The Morgan fingerprint density at radius 1 is 1.26 bits per heavy atom. The number of fused-ring (bicyclic) bond motifs is 2. The Kier molecular flexibility index (Phi) is 3.03. The highest BCUT2D eigenvalue weighted by molar-refractivity contribution is 7.89. The first-order valence-corrected chi connectivity index (χ1v) is 7.93. The molecule has 2 fully saturated rings. The summed E-state index contributed by atoms with van der Waals surface area (Å²) in [5, 5.41) is 0. The highest BCUT2D eigenvalue weighted by atomic mass is 32.2. The van der Waals surface area contributed by atoms with E-state index in [0.717, 1.165) is 12.8 Å². The molecule has 0 radical (unpaired) electrons. The van der Waals surface area contributed by atoms with Crippen LogP contribution in [0.2, 0.25) is 0 Å². The van der Waals surface area contributed by atoms with E-state index in [1.54, 1.807) is 25.1 Å². The third kappa shape index (κ3) is 2.13. The quantitative estimate of drug-likeness (QED) is 0.825. The van der Waals surface area contributed by atoms with Crippen LogP contribution in [-0.4, -0.2) is 38.0 Å². The monoisotopic (exact) mass is 282 g/mol. The van der Waals surface area contributed by atoms with E-state index in [-0.39, 0.29) is 17.1 Å². The molecule has 3 rings (SSSR count). The van der Waals surface area contributed by atoms with Crippen molar-refractivity contribution in [1.29, 1.82) is 0 Å². The molecule has 0 saturated carbocycles. The van der Waals surface area contributed by atoms with Gasteiger partial charge >= 0.3 is 0 Å². The van der Waals surface area contributed by atoms with E-state index in [1.165, 1.54) is 4.31 Å². The fourth-order valence-corrected chi connectivity index (χ4v) is 4.75. The first-order valence-electron chi connectivity index (χ1n) is 6.49. The van der Waals surface area contributed by atoms with Crippen LogP contribution in [-0.2, 0) is 14.8 Å². The van der Waals surface area contributed by atoms with Crippen molar-refractivity contribution < 1.29 is 13.2 Å². The Morgan fingerprint density at radius 3 is 2.47 bits per heavy atom. The fraction of sp³-hybridized carbons (Fsp3) is 0.538. The van der Waals surface area contributed by atoms with E-state index in [1.807, 2.05) is 0 Å². The molecular formula is C13H18N2O3S. The topological polar surface area (TPSA) is 72.6 Å². The number of hydrogen-bond donors (Lipinski definition) is 1. The van der Waals surface area contributed by atoms with E-state index < -0.39 is 10.0 Å². The summed E-state index contributed by atoms with van der Waals surface area (Å²) in [6, 6.07) is 5.18. The second-order valence-electron chi connectivity index (χ2n) is 5.27. The smallest absolute Gasteiger partial charge is 0.245 e. The summed E-state index contributed by atoms with van der Waals surface area (Å²) in [6.45, 7) is 2.65. The second kappa shape index (κ2) is 4.47. The minimum Gasteiger partial charge on any atom is -0.398 e. The van der Waals surface area contributed by atoms with Crippen molar-refractivity contribution in [2.45, 2.75) is 36.9 Å². The van der Waals surface area contributed by atoms with Gasteiger partial charge in [-0.3, -0.25) is 0 Å². The van der Waals surface area contributed by atoms with Crippen LogP contribution in [0.4, 0.5) is 5.69 Å². The van der Waals surface area contributed by atoms with Gasteiger partial charge in [-0.2, -0.15) is 4.31 Å². The molecule has 2 bridgehead atoms. The third-order valence-electron chi connectivity index (χ3n) is 3.85. The molecule has 5 nitrogen and oxygen atoms in total. The molecule has 0 amide bonds. The van der Waals surface area contributed by atoms with Crippen molar-refractivity contribution in [3.8, 4) is 0 Å². The number of hydrogen-bond acceptors (Lipinski definition) is 4. The van der Waals surface area contributed by atoms with Crippen molar-refractivity contribution in [3.05, 3.63) is 23.8 Å². The predicted molar refractivity (Wildman–Crippen MR) is 72.2 cm³/mol. The van der Waals surface area contributed by atoms with Gasteiger partial charge in [-0.25, -0.2) is 8.42 Å². The normalized spacial score (nSPS) is 27.6. The van der Waals surface area contributed by atoms with E-state index in [2.05, 4.69) is 0 Å². The molecule has 2 unspecified atom stereocenters. The summed E-state index contributed by atoms with van der Waals surface area (Å²) >= 11 is 0. The Bertz CT molecular complexity index is 568. The first-order chi connectivity index (χ1) is 8.98. The van der Waals surface area contributed by atoms with Gasteiger partial charge in [-0.1, -0.05) is 12.1 Å². The number of nitrogens with two attached hydrogens (primary N) is 1. The zero-order chi connectivity index (χ0) is 13.6. The second-order valence-corrected chi connectivity index (χ2v) is 7.15. The van der Waals surface area contributed by atoms with Crippen LogP contribution in [0.3, 0.4) is 0 Å². The Labute approximate surface area is 113 Å². The molecule has 2 N–H and O–H groups in total. The molecule has 0 spiro atoms. The van der Waals surface area contributed by atoms with Crippen LogP contribution in [0, 0.1) is 6.92 Å². The summed E-state index contributed by atoms with van der Waals surface area (Å²) in [4.78, 5) is 0.247. The van der Waals surface area contributed by atoms with Gasteiger partial charge in [-0.05, 0) is 31.4 Å². The average Bonchev–Trinajstić information content (AvgIpc) is 2.67. The maximum Gasteiger partial charge on any atom is 0.245 e. The molecular weight excluding hydrogens is 264 g/mol. The maximum absolute atomic E-state index is 12.7. The van der Waals surface area contributed by atoms with Crippen molar-refractivity contribution in [2.75, 3.05) is 18.8 Å². The molecule has 2 aliphatic rings. The summed E-state index contributed by atoms with van der Waals surface area (Å²) < 4.78 is 32.7. The fourth-order valence-electron chi connectivity index (χ4n) is 2.93. The minimum absolute atomic E-state index is 0.0405. The Balaban J connectivity index is 1.99. The Morgan fingerprint density at radius 2 is 1.89 bits per heavy atom. The van der Waals surface area contributed by atoms with Gasteiger partial charge in [0, 0.05) is 13.1 Å². The highest BCUT2D eigenvalue weighted by Gasteiger charge is 2.40. The highest BCUT2D eigenvalue weighted by Crippen LogP contribution is 2.32. The van der Waals surface area contributed by atoms with Crippen molar-refractivity contribution >= 4 is 15.7 Å². The molecule has 2 atom stereocenters. The molecule has 19 heavy (non-hydrogen) atoms. The van der Waals surface area contributed by atoms with Crippen LogP contribution in [0.1, 0.15) is 18.4 Å². The number of morpholine rings is 1. The zero-order valence-corrected chi connectivity index (χ0v) is 11.7. The molecule has 1 aromatic rings. The maximum atomic E-state index is 12.7. The van der Waals surface area contributed by atoms with Gasteiger partial charge in [0.2, 0.25) is 10.0 Å². The SMILES string of the molecule is Cc1cccc(N)c1S(=O)(=O)N1CC2CCC(C1)O2. The molecule has 0 aliphatic carbocycles. The minimum atomic E-state index is -3.52. The van der Waals surface area contributed by atoms with E-state index in [9.17, 15) is 8.42 Å². The van der Waals surface area contributed by atoms with Crippen molar-refractivity contribution in [3.63, 3.8) is 0 Å². The molecule has 6 heteroatoms. The lowest BCUT2D eigenvalue weighted by Gasteiger charge is -2.31. The summed E-state index contributed by atoms with van der Waals surface area (Å²) in [5.41, 5.74) is 6.87. The molecule has 2 heterocycles. The molecule has 2 saturated heterocycles. The van der Waals surface area contributed by atoms with E-state index in [4.69, 9.17) is 10.5 Å². The van der Waals surface area contributed by atoms with Gasteiger partial charge in [0.05, 0.1) is 17.9 Å². The predicted octanol–water partition coefficient (Wildman–Crippen LogP) is 1.13. The zero-order valence-electron chi connectivity index (χ0n) is 10.9. The third-order valence-corrected chi connectivity index (χ3v) is 5.90. The standard InChI is InChI=1S/C13H18N2O3S/c1-9-3-2-4-12(14)13(9)19(16,17)15-7-10-5-6-11(8-15)18-10/h2-4,10-11H,5-8,14H2,1H3. The lowest BCUT2D eigenvalue weighted by molar-refractivity contribution is -0.0114. The number of anilines is 1. The van der Waals surface area contributed by atoms with Crippen LogP contribution >= 0.6 is 0 Å². The number of benzene rings is 1. The molecule has 0 aromatic heterocycles. The van der Waals surface area contributed by atoms with Crippen molar-refractivity contribution in [2.24, 2.45) is 0 Å². The number of nitrogen functional groups attached to an aromatic ring is 1. The van der Waals surface area contributed by atoms with Crippen LogP contribution in [0.25, 0.3) is 0 Å². The van der Waals surface area contributed by atoms with Gasteiger partial charge in [0.25, 0.3) is 0 Å². The number of ether oxygens (including phenoxy) is 1. The lowest BCUT2D eigenvalue weighted by Crippen LogP contribution is -2.46. The molecule has 1 aromatic carbocycles. The first kappa shape index (κ1) is 12.9. The van der Waals surface area contributed by atoms with Crippen molar-refractivity contribution in [1.82, 2.24) is 4.31 Å². The molecule has 104 valence electrons. The summed E-state index contributed by atoms with van der Waals surface area (Å²) in [5.74, 6) is 0. The van der Waals surface area contributed by atoms with Crippen LogP contribution in [0.15, 0.2) is 23.1 Å². The number of nitrogens with zero attached hydrogens (tertiary/aromatic N) is 1. The average molecular weight is 282 g/mol. The van der Waals surface area contributed by atoms with E-state index in [0.29, 0.717) is 24.3 Å². The molecule has 2 aliphatic heterocycles. The summed E-state index contributed by atoms with van der Waals surface area (Å²) in [7, 11) is -3.52. The lowest BCUT2D eigenvalue weighted by atomic mass is 10.2. The van der Waals surface area contributed by atoms with Gasteiger partial charge in [0.15, 0.2) is 0 Å².